The molecule has 0 radical (unpaired) electrons. The summed E-state index contributed by atoms with van der Waals surface area (Å²) >= 11 is 12.1. The van der Waals surface area contributed by atoms with Crippen molar-refractivity contribution in [3.63, 3.8) is 0 Å². The van der Waals surface area contributed by atoms with Crippen LogP contribution < -0.4 is 10.2 Å². The van der Waals surface area contributed by atoms with Gasteiger partial charge in [-0.05, 0) is 43.0 Å². The van der Waals surface area contributed by atoms with Gasteiger partial charge in [0.25, 0.3) is 0 Å². The molecule has 1 aliphatic rings. The summed E-state index contributed by atoms with van der Waals surface area (Å²) in [6, 6.07) is 7.25. The third kappa shape index (κ3) is 3.62. The summed E-state index contributed by atoms with van der Waals surface area (Å²) in [5.41, 5.74) is 0.746. The molecule has 0 amide bonds. The van der Waals surface area contributed by atoms with Gasteiger partial charge in [0, 0.05) is 24.3 Å². The van der Waals surface area contributed by atoms with E-state index in [1.807, 2.05) is 12.1 Å². The van der Waals surface area contributed by atoms with E-state index in [1.165, 1.54) is 12.8 Å². The Morgan fingerprint density at radius 3 is 2.91 bits per heavy atom. The van der Waals surface area contributed by atoms with Crippen LogP contribution in [0.1, 0.15) is 19.8 Å². The number of nitrogens with zero attached hydrogens (tertiary/aromatic N) is 3. The first-order valence-corrected chi connectivity index (χ1v) is 8.17. The highest BCUT2D eigenvalue weighted by atomic mass is 35.5. The number of nitrogens with one attached hydrogen (secondary N) is 1. The lowest BCUT2D eigenvalue weighted by Gasteiger charge is -2.31. The zero-order valence-electron chi connectivity index (χ0n) is 12.4. The molecule has 2 heterocycles. The molecule has 0 saturated carbocycles. The normalized spacial score (nSPS) is 18.3. The molecule has 1 atom stereocenters. The number of hydrogen-bond acceptors (Lipinski definition) is 4. The van der Waals surface area contributed by atoms with Gasteiger partial charge in [-0.25, -0.2) is 4.98 Å². The molecule has 1 unspecified atom stereocenters. The quantitative estimate of drug-likeness (QED) is 0.876. The van der Waals surface area contributed by atoms with E-state index < -0.39 is 0 Å². The van der Waals surface area contributed by atoms with Gasteiger partial charge in [0.05, 0.1) is 10.7 Å². The molecule has 1 aliphatic heterocycles. The van der Waals surface area contributed by atoms with E-state index in [0.717, 1.165) is 24.6 Å². The Morgan fingerprint density at radius 2 is 2.14 bits per heavy atom. The van der Waals surface area contributed by atoms with Gasteiger partial charge in [0.2, 0.25) is 5.95 Å². The number of hydrogen-bond donors (Lipinski definition) is 1. The van der Waals surface area contributed by atoms with Crippen LogP contribution in [0.25, 0.3) is 0 Å². The number of halogens is 2. The van der Waals surface area contributed by atoms with Crippen molar-refractivity contribution < 1.29 is 0 Å². The van der Waals surface area contributed by atoms with Crippen molar-refractivity contribution in [1.29, 1.82) is 0 Å². The molecule has 116 valence electrons. The first-order chi connectivity index (χ1) is 10.6. The van der Waals surface area contributed by atoms with Crippen molar-refractivity contribution in [2.24, 2.45) is 5.92 Å². The topological polar surface area (TPSA) is 41.1 Å². The van der Waals surface area contributed by atoms with Gasteiger partial charge in [-0.15, -0.1) is 0 Å². The van der Waals surface area contributed by atoms with E-state index in [4.69, 9.17) is 23.2 Å². The Balaban J connectivity index is 1.79. The Morgan fingerprint density at radius 1 is 1.27 bits per heavy atom. The molecule has 1 aromatic heterocycles. The number of anilines is 3. The summed E-state index contributed by atoms with van der Waals surface area (Å²) in [5, 5.41) is 4.30. The Kier molecular flexibility index (Phi) is 4.69. The highest BCUT2D eigenvalue weighted by Gasteiger charge is 2.18. The predicted molar refractivity (Wildman–Crippen MR) is 92.4 cm³/mol. The largest absolute Gasteiger partial charge is 0.356 e. The van der Waals surface area contributed by atoms with Gasteiger partial charge in [-0.1, -0.05) is 30.1 Å². The summed E-state index contributed by atoms with van der Waals surface area (Å²) in [4.78, 5) is 11.2. The first-order valence-electron chi connectivity index (χ1n) is 7.42. The zero-order valence-corrected chi connectivity index (χ0v) is 13.9. The van der Waals surface area contributed by atoms with Crippen LogP contribution in [0.15, 0.2) is 30.5 Å². The van der Waals surface area contributed by atoms with Gasteiger partial charge in [-0.2, -0.15) is 4.98 Å². The minimum atomic E-state index is 0.542. The fraction of sp³-hybridized carbons (Fsp3) is 0.375. The van der Waals surface area contributed by atoms with Gasteiger partial charge in [0.1, 0.15) is 5.82 Å². The predicted octanol–water partition coefficient (Wildman–Crippen LogP) is 4.76. The van der Waals surface area contributed by atoms with Crippen molar-refractivity contribution in [1.82, 2.24) is 9.97 Å². The molecule has 0 spiro atoms. The molecule has 1 saturated heterocycles. The zero-order chi connectivity index (χ0) is 15.5. The molecule has 1 aromatic carbocycles. The number of benzene rings is 1. The Bertz CT molecular complexity index is 662. The van der Waals surface area contributed by atoms with Crippen molar-refractivity contribution in [3.05, 3.63) is 40.5 Å². The summed E-state index contributed by atoms with van der Waals surface area (Å²) in [7, 11) is 0. The van der Waals surface area contributed by atoms with E-state index >= 15 is 0 Å². The van der Waals surface area contributed by atoms with E-state index in [1.54, 1.807) is 18.3 Å². The van der Waals surface area contributed by atoms with Crippen molar-refractivity contribution in [2.45, 2.75) is 19.8 Å². The molecule has 0 aliphatic carbocycles. The van der Waals surface area contributed by atoms with Gasteiger partial charge in [0.15, 0.2) is 0 Å². The Hall–Kier alpha value is -1.52. The summed E-state index contributed by atoms with van der Waals surface area (Å²) in [6.07, 6.45) is 4.26. The fourth-order valence-electron chi connectivity index (χ4n) is 2.69. The molecule has 3 rings (SSSR count). The molecular weight excluding hydrogens is 319 g/mol. The van der Waals surface area contributed by atoms with Crippen LogP contribution in [0.2, 0.25) is 10.0 Å². The van der Waals surface area contributed by atoms with Crippen LogP contribution in [-0.2, 0) is 0 Å². The second-order valence-corrected chi connectivity index (χ2v) is 6.52. The monoisotopic (exact) mass is 336 g/mol. The van der Waals surface area contributed by atoms with Crippen LogP contribution in [0, 0.1) is 5.92 Å². The van der Waals surface area contributed by atoms with Gasteiger partial charge in [-0.3, -0.25) is 0 Å². The second-order valence-electron chi connectivity index (χ2n) is 5.68. The summed E-state index contributed by atoms with van der Waals surface area (Å²) < 4.78 is 0. The Labute approximate surface area is 140 Å². The van der Waals surface area contributed by atoms with E-state index in [0.29, 0.717) is 21.9 Å². The van der Waals surface area contributed by atoms with Gasteiger partial charge >= 0.3 is 0 Å². The maximum absolute atomic E-state index is 6.17. The summed E-state index contributed by atoms with van der Waals surface area (Å²) in [5.74, 6) is 2.19. The fourth-order valence-corrected chi connectivity index (χ4v) is 3.15. The SMILES string of the molecule is CC1CCCN(c2ccnc(Nc3ccc(Cl)cc3Cl)n2)C1. The van der Waals surface area contributed by atoms with Crippen LogP contribution in [-0.4, -0.2) is 23.1 Å². The van der Waals surface area contributed by atoms with Crippen LogP contribution in [0.5, 0.6) is 0 Å². The third-order valence-electron chi connectivity index (χ3n) is 3.80. The maximum atomic E-state index is 6.17. The third-order valence-corrected chi connectivity index (χ3v) is 4.35. The van der Waals surface area contributed by atoms with Crippen molar-refractivity contribution in [2.75, 3.05) is 23.3 Å². The molecule has 0 bridgehead atoms. The first kappa shape index (κ1) is 15.4. The molecule has 4 nitrogen and oxygen atoms in total. The molecule has 1 N–H and O–H groups in total. The molecule has 6 heteroatoms. The number of piperidine rings is 1. The summed E-state index contributed by atoms with van der Waals surface area (Å²) in [6.45, 7) is 4.36. The lowest BCUT2D eigenvalue weighted by atomic mass is 10.0. The molecular formula is C16H18Cl2N4. The van der Waals surface area contributed by atoms with Crippen LogP contribution >= 0.6 is 23.2 Å². The lowest BCUT2D eigenvalue weighted by molar-refractivity contribution is 0.444. The average Bonchev–Trinajstić information content (AvgIpc) is 2.50. The minimum absolute atomic E-state index is 0.542. The highest BCUT2D eigenvalue weighted by molar-refractivity contribution is 6.36. The minimum Gasteiger partial charge on any atom is -0.356 e. The molecule has 1 fully saturated rings. The molecule has 2 aromatic rings. The van der Waals surface area contributed by atoms with E-state index in [-0.39, 0.29) is 0 Å². The maximum Gasteiger partial charge on any atom is 0.229 e. The van der Waals surface area contributed by atoms with Crippen LogP contribution in [0.4, 0.5) is 17.5 Å². The lowest BCUT2D eigenvalue weighted by Crippen LogP contribution is -2.34. The van der Waals surface area contributed by atoms with E-state index in [2.05, 4.69) is 27.1 Å². The number of aromatic nitrogens is 2. The standard InChI is InChI=1S/C16H18Cl2N4/c1-11-3-2-8-22(10-11)15-6-7-19-16(21-15)20-14-5-4-12(17)9-13(14)18/h4-7,9,11H,2-3,8,10H2,1H3,(H,19,20,21). The highest BCUT2D eigenvalue weighted by Crippen LogP contribution is 2.28. The van der Waals surface area contributed by atoms with Crippen LogP contribution in [0.3, 0.4) is 0 Å². The smallest absolute Gasteiger partial charge is 0.229 e. The number of rotatable bonds is 3. The van der Waals surface area contributed by atoms with Crippen molar-refractivity contribution in [3.8, 4) is 0 Å². The second kappa shape index (κ2) is 6.71. The van der Waals surface area contributed by atoms with E-state index in [9.17, 15) is 0 Å². The average molecular weight is 337 g/mol. The van der Waals surface area contributed by atoms with Gasteiger partial charge < -0.3 is 10.2 Å². The molecule has 22 heavy (non-hydrogen) atoms. The van der Waals surface area contributed by atoms with Crippen molar-refractivity contribution >= 4 is 40.7 Å².